The molecular weight excluding hydrogens is 1610 g/mol. The van der Waals surface area contributed by atoms with Gasteiger partial charge in [0.2, 0.25) is 65.1 Å². The first-order chi connectivity index (χ1) is 58.1. The summed E-state index contributed by atoms with van der Waals surface area (Å²) >= 11 is 7.22. The standard InChI is InChI=1S/C86H99ClN10O25/c1-7-116-47-14-10-40(11-15-47)76(106)91-60(100)32-55-78(108)93-65-45-28-57(73(122-84-74(72(104)71(103)59(34-98)120-84)121-61-33-85(5,88)75(105)36(4)117-61)58(29-45)119-56-19-13-42(27-53(56)87)70(102)68(82(112)90-55)96-77(107)54(89-6)20-35(2)3)118-48-16-8-39(9-17-48)69(101)67-83(113)95-66(81(111)92-63-43-22-37-21-38(24-43)25-44(63)23-37)50-30-46(99)31-52-62(50)49-26-41(12-18-51(49)86(52,114)115)64(79(109)97-67)94-80(65)110/h8-19,26-31,35-38,43-44,54-55,59,61,63-72,74-75,84,89,98-99,101-105,114-115H,7,20-25,32-34,88H2,1-6H3,(H,90,112)(H,92,111)(H,93,108)(H,94,110)(H,95,113)(H,96,107)(H,97,109)(H,91,100,106)/t36-,37?,38?,43?,44?,54+,55-,59+,61-,63?,64+,65+,66-,67-,68+,69+,70+,71+,72-,74+,75+,84-,85-/m0/s1. The Hall–Kier alpha value is -10.5. The number of amides is 9. The van der Waals surface area contributed by atoms with Gasteiger partial charge >= 0.3 is 0 Å². The summed E-state index contributed by atoms with van der Waals surface area (Å²) in [5.41, 5.74) is 3.19. The number of likely N-dealkylation sites (N-methyl/N-ethyl adjacent to an activating group) is 1. The fourth-order valence-electron chi connectivity index (χ4n) is 18.7. The highest BCUT2D eigenvalue weighted by molar-refractivity contribution is 6.32. The van der Waals surface area contributed by atoms with Crippen molar-refractivity contribution in [3.8, 4) is 51.4 Å². The molecule has 4 saturated carbocycles. The smallest absolute Gasteiger partial charge is 0.257 e. The topological polar surface area (TPSA) is 535 Å². The van der Waals surface area contributed by atoms with Gasteiger partial charge in [0.1, 0.15) is 89.8 Å². The second-order valence-electron chi connectivity index (χ2n) is 33.8. The lowest BCUT2D eigenvalue weighted by molar-refractivity contribution is -0.333. The summed E-state index contributed by atoms with van der Waals surface area (Å²) in [5, 5.41) is 131. The minimum atomic E-state index is -2.98. The van der Waals surface area contributed by atoms with Gasteiger partial charge in [-0.15, -0.1) is 0 Å². The van der Waals surface area contributed by atoms with Crippen LogP contribution in [0.2, 0.25) is 5.02 Å². The molecule has 6 aromatic carbocycles. The molecule has 18 rings (SSSR count). The van der Waals surface area contributed by atoms with E-state index in [9.17, 15) is 60.3 Å². The maximum atomic E-state index is 16.7. The largest absolute Gasteiger partial charge is 0.508 e. The molecule has 36 heteroatoms. The number of phenolic OH excluding ortho intramolecular Hbond substituents is 1. The van der Waals surface area contributed by atoms with E-state index in [0.29, 0.717) is 17.6 Å². The van der Waals surface area contributed by atoms with Crippen LogP contribution in [0.5, 0.6) is 40.2 Å². The minimum absolute atomic E-state index is 0.0741. The minimum Gasteiger partial charge on any atom is -0.508 e. The van der Waals surface area contributed by atoms with E-state index < -0.39 is 210 Å². The highest BCUT2D eigenvalue weighted by Gasteiger charge is 2.54. The molecule has 20 N–H and O–H groups in total. The fourth-order valence-corrected chi connectivity index (χ4v) is 19.0. The third-order valence-electron chi connectivity index (χ3n) is 24.7. The van der Waals surface area contributed by atoms with Crippen LogP contribution in [0, 0.1) is 29.6 Å². The molecule has 6 fully saturated rings. The lowest BCUT2D eigenvalue weighted by atomic mass is 9.54. The van der Waals surface area contributed by atoms with Crippen molar-refractivity contribution in [3.63, 3.8) is 0 Å². The Labute approximate surface area is 704 Å². The number of halogens is 1. The molecule has 9 amide bonds. The van der Waals surface area contributed by atoms with Gasteiger partial charge in [-0.1, -0.05) is 55.8 Å². The molecule has 5 aliphatic carbocycles. The van der Waals surface area contributed by atoms with Crippen molar-refractivity contribution in [2.45, 2.75) is 207 Å². The summed E-state index contributed by atoms with van der Waals surface area (Å²) < 4.78 is 44.6. The molecule has 18 atom stereocenters. The molecule has 0 aromatic heterocycles. The first-order valence-corrected chi connectivity index (χ1v) is 41.1. The molecule has 650 valence electrons. The van der Waals surface area contributed by atoms with Crippen LogP contribution in [-0.4, -0.2) is 204 Å². The van der Waals surface area contributed by atoms with Crippen molar-refractivity contribution >= 4 is 64.8 Å². The van der Waals surface area contributed by atoms with Gasteiger partial charge in [-0.25, -0.2) is 0 Å². The normalized spacial score (nSPS) is 31.5. The Morgan fingerprint density at radius 1 is 0.689 bits per heavy atom. The van der Waals surface area contributed by atoms with Crippen molar-refractivity contribution in [2.24, 2.45) is 35.3 Å². The van der Waals surface area contributed by atoms with E-state index in [2.05, 4.69) is 47.9 Å². The van der Waals surface area contributed by atoms with Gasteiger partial charge in [0.15, 0.2) is 23.9 Å². The second-order valence-corrected chi connectivity index (χ2v) is 34.2. The zero-order valence-electron chi connectivity index (χ0n) is 67.3. The van der Waals surface area contributed by atoms with E-state index in [1.165, 1.54) is 106 Å². The quantitative estimate of drug-likeness (QED) is 0.0582. The highest BCUT2D eigenvalue weighted by Crippen LogP contribution is 2.56. The number of rotatable bonds is 17. The van der Waals surface area contributed by atoms with Crippen molar-refractivity contribution in [3.05, 3.63) is 159 Å². The number of aliphatic hydroxyl groups excluding tert-OH is 6. The maximum Gasteiger partial charge on any atom is 0.257 e. The molecule has 6 aromatic rings. The Balaban J connectivity index is 0.919. The maximum absolute atomic E-state index is 16.7. The van der Waals surface area contributed by atoms with E-state index in [1.54, 1.807) is 6.92 Å². The molecule has 7 heterocycles. The van der Waals surface area contributed by atoms with E-state index in [0.717, 1.165) is 56.4 Å². The number of ether oxygens (including phenoxy) is 7. The predicted octanol–water partition coefficient (Wildman–Crippen LogP) is 2.27. The summed E-state index contributed by atoms with van der Waals surface area (Å²) in [5.74, 6) is -15.0. The van der Waals surface area contributed by atoms with Gasteiger partial charge in [0, 0.05) is 34.7 Å². The number of aromatic hydroxyl groups is 1. The Bertz CT molecular complexity index is 5050. The number of carbonyl (C=O) groups is 9. The van der Waals surface area contributed by atoms with Crippen LogP contribution in [0.15, 0.2) is 109 Å². The number of carbonyl (C=O) groups excluding carboxylic acids is 9. The van der Waals surface area contributed by atoms with Crippen LogP contribution in [0.1, 0.15) is 166 Å². The SMILES string of the molecule is CCOc1ccc(C(=O)NC(=O)C[C@@H]2NC(=O)[C@H](NC(=O)[C@@H](CC(C)C)NC)[C@H](O)c3ccc(c(Cl)c3)Oc3cc4cc(c3O[C@@H]3O[C@H](CO)[C@@H](O)[C@H](O)[C@H]3O[C@H]3C[C@](C)(N)[C@H](O)[C@H](C)O3)Oc3ccc(cc3)[C@@H](O)[C@@H]3NC(=O)[C@H](NC(=O)[C@@H]4NC2=O)c2ccc4c(c2)-c2c(cc(O)cc2C4(O)O)[C@@H](C(=O)NC2C4CC5CC(C4)CC2C5)NC3=O)cc1. The number of aliphatic hydroxyl groups is 8. The van der Waals surface area contributed by atoms with Crippen LogP contribution in [-0.2, 0) is 58.4 Å². The summed E-state index contributed by atoms with van der Waals surface area (Å²) in [6, 6.07) is 8.20. The first kappa shape index (κ1) is 86.5. The van der Waals surface area contributed by atoms with Gasteiger partial charge < -0.3 is 127 Å². The predicted molar refractivity (Wildman–Crippen MR) is 428 cm³/mol. The number of benzene rings is 6. The molecule has 2 saturated heterocycles. The van der Waals surface area contributed by atoms with Crippen LogP contribution < -0.4 is 72.5 Å². The molecule has 122 heavy (non-hydrogen) atoms. The summed E-state index contributed by atoms with van der Waals surface area (Å²) in [7, 11) is 1.48. The Morgan fingerprint density at radius 3 is 2.00 bits per heavy atom. The number of fused-ring (bicyclic) bond motifs is 12. The number of imide groups is 1. The van der Waals surface area contributed by atoms with Gasteiger partial charge in [-0.05, 0) is 214 Å². The highest BCUT2D eigenvalue weighted by atomic mass is 35.5. The zero-order valence-corrected chi connectivity index (χ0v) is 68.0. The van der Waals surface area contributed by atoms with E-state index in [-0.39, 0.29) is 110 Å². The fraction of sp³-hybridized carbons (Fsp3) is 0.477. The third kappa shape index (κ3) is 17.2. The molecule has 12 aliphatic rings. The molecule has 7 aliphatic heterocycles. The van der Waals surface area contributed by atoms with Crippen LogP contribution in [0.3, 0.4) is 0 Å². The average Bonchev–Trinajstić information content (AvgIpc) is 1.55. The van der Waals surface area contributed by atoms with Crippen molar-refractivity contribution in [2.75, 3.05) is 20.3 Å². The van der Waals surface area contributed by atoms with E-state index >= 15 is 28.8 Å². The second kappa shape index (κ2) is 34.7. The molecular formula is C86H99ClN10O25. The van der Waals surface area contributed by atoms with Crippen molar-refractivity contribution in [1.29, 1.82) is 0 Å². The van der Waals surface area contributed by atoms with Gasteiger partial charge in [0.05, 0.1) is 42.9 Å². The monoisotopic (exact) mass is 1710 g/mol. The summed E-state index contributed by atoms with van der Waals surface area (Å²) in [6.07, 6.45) is -14.1. The molecule has 0 spiro atoms. The number of phenols is 1. The number of hydrogen-bond donors (Lipinski definition) is 19. The number of nitrogens with one attached hydrogen (secondary N) is 9. The van der Waals surface area contributed by atoms with Crippen LogP contribution >= 0.6 is 11.6 Å². The molecule has 0 unspecified atom stereocenters. The van der Waals surface area contributed by atoms with Gasteiger partial charge in [-0.3, -0.25) is 48.5 Å². The summed E-state index contributed by atoms with van der Waals surface area (Å²) in [6.45, 7) is 7.74. The van der Waals surface area contributed by atoms with Gasteiger partial charge in [0.25, 0.3) is 5.91 Å². The Morgan fingerprint density at radius 2 is 1.34 bits per heavy atom. The zero-order chi connectivity index (χ0) is 87.0. The Kier molecular flexibility index (Phi) is 24.6. The third-order valence-corrected chi connectivity index (χ3v) is 25.0. The number of hydrogen-bond acceptors (Lipinski definition) is 27. The van der Waals surface area contributed by atoms with Crippen LogP contribution in [0.25, 0.3) is 11.1 Å². The van der Waals surface area contributed by atoms with E-state index in [1.807, 2.05) is 13.8 Å². The first-order valence-electron chi connectivity index (χ1n) is 40.8. The number of nitrogens with two attached hydrogens (primary N) is 1. The van der Waals surface area contributed by atoms with E-state index in [4.69, 9.17) is 50.5 Å². The van der Waals surface area contributed by atoms with Gasteiger partial charge in [-0.2, -0.15) is 0 Å². The van der Waals surface area contributed by atoms with Crippen molar-refractivity contribution < 1.29 is 122 Å². The van der Waals surface area contributed by atoms with Crippen LogP contribution in [0.4, 0.5) is 0 Å². The molecule has 0 radical (unpaired) electrons. The molecule has 35 nitrogen and oxygen atoms in total. The van der Waals surface area contributed by atoms with Crippen molar-refractivity contribution in [1.82, 2.24) is 47.9 Å². The average molecular weight is 1710 g/mol. The molecule has 15 bridgehead atoms. The lowest BCUT2D eigenvalue weighted by Crippen LogP contribution is -2.64. The lowest BCUT2D eigenvalue weighted by Gasteiger charge is -2.54. The summed E-state index contributed by atoms with van der Waals surface area (Å²) in [4.78, 5) is 139.